The minimum absolute atomic E-state index is 0.0270. The lowest BCUT2D eigenvalue weighted by molar-refractivity contribution is -0.163. The van der Waals surface area contributed by atoms with E-state index in [1.165, 1.54) is 6.07 Å². The van der Waals surface area contributed by atoms with Gasteiger partial charge in [-0.25, -0.2) is 4.79 Å². The standard InChI is InChI=1S/C22H25NO5/c1-15(2)27-21(25)22(3,4)28-17-12-9-16(10-13-17)11-14-19(23-26)18-7-5-6-8-20(18)24/h5-15,24,26H,1-4H3/b14-11+,23-19+. The Morgan fingerprint density at radius 1 is 1.11 bits per heavy atom. The largest absolute Gasteiger partial charge is 0.507 e. The number of allylic oxidation sites excluding steroid dienone is 1. The minimum Gasteiger partial charge on any atom is -0.507 e. The summed E-state index contributed by atoms with van der Waals surface area (Å²) in [5, 5.41) is 22.3. The minimum atomic E-state index is -1.11. The van der Waals surface area contributed by atoms with Crippen LogP contribution >= 0.6 is 0 Å². The second-order valence-corrected chi connectivity index (χ2v) is 6.97. The van der Waals surface area contributed by atoms with Crippen LogP contribution in [-0.4, -0.2) is 33.7 Å². The molecule has 148 valence electrons. The first kappa shape index (κ1) is 21.0. The highest BCUT2D eigenvalue weighted by Crippen LogP contribution is 2.22. The molecule has 6 nitrogen and oxygen atoms in total. The maximum atomic E-state index is 12.1. The fourth-order valence-corrected chi connectivity index (χ4v) is 2.38. The molecule has 28 heavy (non-hydrogen) atoms. The second kappa shape index (κ2) is 9.08. The molecular formula is C22H25NO5. The number of esters is 1. The highest BCUT2D eigenvalue weighted by atomic mass is 16.6. The zero-order chi connectivity index (χ0) is 20.7. The Morgan fingerprint density at radius 2 is 1.75 bits per heavy atom. The van der Waals surface area contributed by atoms with Crippen LogP contribution < -0.4 is 4.74 Å². The summed E-state index contributed by atoms with van der Waals surface area (Å²) in [6, 6.07) is 13.7. The molecule has 0 spiro atoms. The third kappa shape index (κ3) is 5.61. The Hall–Kier alpha value is -3.28. The Kier molecular flexibility index (Phi) is 6.82. The lowest BCUT2D eigenvalue weighted by Gasteiger charge is -2.25. The van der Waals surface area contributed by atoms with Crippen LogP contribution in [0.2, 0.25) is 0 Å². The zero-order valence-corrected chi connectivity index (χ0v) is 16.4. The van der Waals surface area contributed by atoms with Crippen LogP contribution in [-0.2, 0) is 9.53 Å². The Balaban J connectivity index is 2.09. The van der Waals surface area contributed by atoms with Gasteiger partial charge >= 0.3 is 5.97 Å². The molecule has 2 N–H and O–H groups in total. The van der Waals surface area contributed by atoms with Crippen LogP contribution in [0.5, 0.6) is 11.5 Å². The molecule has 0 radical (unpaired) electrons. The molecule has 0 heterocycles. The van der Waals surface area contributed by atoms with E-state index in [0.717, 1.165) is 5.56 Å². The number of para-hydroxylation sites is 1. The lowest BCUT2D eigenvalue weighted by Crippen LogP contribution is -2.40. The number of hydrogen-bond acceptors (Lipinski definition) is 6. The average molecular weight is 383 g/mol. The number of phenolic OH excluding ortho intramolecular Hbond substituents is 1. The van der Waals surface area contributed by atoms with E-state index >= 15 is 0 Å². The molecule has 0 aliphatic heterocycles. The van der Waals surface area contributed by atoms with Crippen LogP contribution in [0, 0.1) is 0 Å². The number of hydrogen-bond donors (Lipinski definition) is 2. The van der Waals surface area contributed by atoms with Crippen molar-refractivity contribution < 1.29 is 24.6 Å². The van der Waals surface area contributed by atoms with Crippen molar-refractivity contribution in [3.63, 3.8) is 0 Å². The number of benzene rings is 2. The van der Waals surface area contributed by atoms with Crippen molar-refractivity contribution >= 4 is 17.8 Å². The van der Waals surface area contributed by atoms with Crippen LogP contribution in [0.25, 0.3) is 6.08 Å². The number of phenols is 1. The molecule has 0 unspecified atom stereocenters. The van der Waals surface area contributed by atoms with E-state index < -0.39 is 11.6 Å². The molecule has 0 amide bonds. The molecule has 0 aliphatic rings. The third-order valence-electron chi connectivity index (χ3n) is 3.81. The molecule has 2 aromatic rings. The highest BCUT2D eigenvalue weighted by molar-refractivity contribution is 6.12. The van der Waals surface area contributed by atoms with Gasteiger partial charge in [0.2, 0.25) is 0 Å². The predicted octanol–water partition coefficient (Wildman–Crippen LogP) is 4.39. The number of rotatable bonds is 7. The van der Waals surface area contributed by atoms with Crippen molar-refractivity contribution in [3.8, 4) is 11.5 Å². The van der Waals surface area contributed by atoms with Gasteiger partial charge < -0.3 is 19.8 Å². The number of aromatic hydroxyl groups is 1. The number of oxime groups is 1. The summed E-state index contributed by atoms with van der Waals surface area (Å²) in [6.07, 6.45) is 3.12. The molecule has 6 heteroatoms. The molecule has 0 fully saturated rings. The van der Waals surface area contributed by atoms with E-state index in [1.807, 2.05) is 0 Å². The monoisotopic (exact) mass is 383 g/mol. The van der Waals surface area contributed by atoms with Gasteiger partial charge in [0.1, 0.15) is 17.2 Å². The smallest absolute Gasteiger partial charge is 0.350 e. The first-order valence-corrected chi connectivity index (χ1v) is 8.91. The Bertz CT molecular complexity index is 867. The molecular weight excluding hydrogens is 358 g/mol. The molecule has 2 rings (SSSR count). The quantitative estimate of drug-likeness (QED) is 0.320. The van der Waals surface area contributed by atoms with Crippen molar-refractivity contribution in [2.24, 2.45) is 5.16 Å². The van der Waals surface area contributed by atoms with Gasteiger partial charge in [0.15, 0.2) is 5.60 Å². The van der Waals surface area contributed by atoms with Crippen LogP contribution in [0.3, 0.4) is 0 Å². The number of nitrogens with zero attached hydrogens (tertiary/aromatic N) is 1. The number of carbonyl (C=O) groups is 1. The van der Waals surface area contributed by atoms with Crippen LogP contribution in [0.1, 0.15) is 38.8 Å². The lowest BCUT2D eigenvalue weighted by atomic mass is 10.1. The molecule has 0 saturated carbocycles. The van der Waals surface area contributed by atoms with E-state index in [2.05, 4.69) is 5.16 Å². The van der Waals surface area contributed by atoms with Gasteiger partial charge in [-0.3, -0.25) is 0 Å². The summed E-state index contributed by atoms with van der Waals surface area (Å²) in [5.41, 5.74) is 0.373. The van der Waals surface area contributed by atoms with Gasteiger partial charge in [-0.2, -0.15) is 0 Å². The van der Waals surface area contributed by atoms with Gasteiger partial charge in [0, 0.05) is 5.56 Å². The summed E-state index contributed by atoms with van der Waals surface area (Å²) in [5.74, 6) is 0.122. The average Bonchev–Trinajstić information content (AvgIpc) is 2.64. The van der Waals surface area contributed by atoms with Crippen molar-refractivity contribution in [3.05, 3.63) is 65.7 Å². The third-order valence-corrected chi connectivity index (χ3v) is 3.81. The Morgan fingerprint density at radius 3 is 2.32 bits per heavy atom. The normalized spacial score (nSPS) is 12.4. The molecule has 0 aromatic heterocycles. The SMILES string of the molecule is CC(C)OC(=O)C(C)(C)Oc1ccc(/C=C/C(=N\O)c2ccccc2O)cc1. The van der Waals surface area contributed by atoms with Gasteiger partial charge in [-0.15, -0.1) is 0 Å². The first-order valence-electron chi connectivity index (χ1n) is 8.91. The predicted molar refractivity (Wildman–Crippen MR) is 108 cm³/mol. The highest BCUT2D eigenvalue weighted by Gasteiger charge is 2.32. The van der Waals surface area contributed by atoms with Crippen molar-refractivity contribution in [1.82, 2.24) is 0 Å². The van der Waals surface area contributed by atoms with Crippen molar-refractivity contribution in [1.29, 1.82) is 0 Å². The summed E-state index contributed by atoms with van der Waals surface area (Å²) < 4.78 is 11.0. The molecule has 0 bridgehead atoms. The molecule has 0 saturated heterocycles. The molecule has 0 aliphatic carbocycles. The first-order chi connectivity index (χ1) is 13.2. The topological polar surface area (TPSA) is 88.4 Å². The fourth-order valence-electron chi connectivity index (χ4n) is 2.38. The summed E-state index contributed by atoms with van der Waals surface area (Å²) in [7, 11) is 0. The van der Waals surface area contributed by atoms with E-state index in [-0.39, 0.29) is 17.6 Å². The number of carbonyl (C=O) groups excluding carboxylic acids is 1. The number of ether oxygens (including phenoxy) is 2. The van der Waals surface area contributed by atoms with Crippen LogP contribution in [0.4, 0.5) is 0 Å². The van der Waals surface area contributed by atoms with Gasteiger partial charge in [0.25, 0.3) is 0 Å². The van der Waals surface area contributed by atoms with Gasteiger partial charge in [-0.1, -0.05) is 35.5 Å². The second-order valence-electron chi connectivity index (χ2n) is 6.97. The van der Waals surface area contributed by atoms with Crippen molar-refractivity contribution in [2.45, 2.75) is 39.4 Å². The van der Waals surface area contributed by atoms with E-state index in [1.54, 1.807) is 82.3 Å². The summed E-state index contributed by atoms with van der Waals surface area (Å²) in [4.78, 5) is 12.1. The Labute approximate surface area is 164 Å². The molecule has 0 atom stereocenters. The fraction of sp³-hybridized carbons (Fsp3) is 0.273. The van der Waals surface area contributed by atoms with E-state index in [9.17, 15) is 15.1 Å². The summed E-state index contributed by atoms with van der Waals surface area (Å²) >= 11 is 0. The van der Waals surface area contributed by atoms with E-state index in [4.69, 9.17) is 9.47 Å². The summed E-state index contributed by atoms with van der Waals surface area (Å²) in [6.45, 7) is 6.88. The van der Waals surface area contributed by atoms with Gasteiger partial charge in [-0.05, 0) is 63.6 Å². The van der Waals surface area contributed by atoms with Crippen LogP contribution in [0.15, 0.2) is 59.8 Å². The zero-order valence-electron chi connectivity index (χ0n) is 16.4. The van der Waals surface area contributed by atoms with E-state index in [0.29, 0.717) is 11.3 Å². The van der Waals surface area contributed by atoms with Gasteiger partial charge in [0.05, 0.1) is 6.10 Å². The maximum Gasteiger partial charge on any atom is 0.350 e. The van der Waals surface area contributed by atoms with Crippen molar-refractivity contribution in [2.75, 3.05) is 0 Å². The molecule has 2 aromatic carbocycles. The maximum absolute atomic E-state index is 12.1.